The van der Waals surface area contributed by atoms with E-state index in [9.17, 15) is 0 Å². The lowest BCUT2D eigenvalue weighted by atomic mass is 10.2. The summed E-state index contributed by atoms with van der Waals surface area (Å²) in [5.74, 6) is 1.81. The number of ether oxygens (including phenoxy) is 1. The van der Waals surface area contributed by atoms with Gasteiger partial charge < -0.3 is 4.74 Å². The summed E-state index contributed by atoms with van der Waals surface area (Å²) in [7, 11) is 0. The van der Waals surface area contributed by atoms with Crippen molar-refractivity contribution in [1.29, 1.82) is 0 Å². The summed E-state index contributed by atoms with van der Waals surface area (Å²) in [6, 6.07) is 6.05. The summed E-state index contributed by atoms with van der Waals surface area (Å²) in [6.07, 6.45) is 4.34. The van der Waals surface area contributed by atoms with Gasteiger partial charge in [-0.1, -0.05) is 18.7 Å². The van der Waals surface area contributed by atoms with Gasteiger partial charge >= 0.3 is 0 Å². The molecule has 19 heavy (non-hydrogen) atoms. The molecule has 1 aromatic heterocycles. The van der Waals surface area contributed by atoms with Crippen LogP contribution in [-0.4, -0.2) is 26.5 Å². The average Bonchev–Trinajstić information content (AvgIpc) is 2.98. The second kappa shape index (κ2) is 5.44. The number of hydrogen-bond donors (Lipinski definition) is 0. The van der Waals surface area contributed by atoms with E-state index in [1.54, 1.807) is 24.4 Å². The Morgan fingerprint density at radius 2 is 2.16 bits per heavy atom. The fourth-order valence-corrected chi connectivity index (χ4v) is 2.73. The molecule has 0 N–H and O–H groups in total. The van der Waals surface area contributed by atoms with Crippen molar-refractivity contribution in [1.82, 2.24) is 14.8 Å². The molecule has 0 unspecified atom stereocenters. The van der Waals surface area contributed by atoms with Crippen molar-refractivity contribution in [2.75, 3.05) is 6.61 Å². The van der Waals surface area contributed by atoms with Gasteiger partial charge in [0, 0.05) is 5.75 Å². The quantitative estimate of drug-likeness (QED) is 0.863. The average molecular weight is 274 g/mol. The van der Waals surface area contributed by atoms with Gasteiger partial charge in [-0.25, -0.2) is 4.99 Å². The number of rotatable bonds is 3. The lowest BCUT2D eigenvalue weighted by Crippen LogP contribution is -2.09. The summed E-state index contributed by atoms with van der Waals surface area (Å²) in [6.45, 7) is 2.85. The van der Waals surface area contributed by atoms with E-state index >= 15 is 0 Å². The van der Waals surface area contributed by atoms with Crippen LogP contribution in [0.25, 0.3) is 0 Å². The Labute approximate surface area is 115 Å². The van der Waals surface area contributed by atoms with Crippen molar-refractivity contribution in [2.45, 2.75) is 19.1 Å². The maximum absolute atomic E-state index is 5.64. The molecule has 6 heteroatoms. The van der Waals surface area contributed by atoms with E-state index in [-0.39, 0.29) is 0 Å². The first-order valence-electron chi connectivity index (χ1n) is 6.19. The summed E-state index contributed by atoms with van der Waals surface area (Å²) < 4.78 is 7.47. The van der Waals surface area contributed by atoms with Crippen LogP contribution >= 0.6 is 11.8 Å². The molecular weight excluding hydrogens is 260 g/mol. The molecule has 3 rings (SSSR count). The molecule has 0 amide bonds. The van der Waals surface area contributed by atoms with Crippen LogP contribution in [0, 0.1) is 0 Å². The van der Waals surface area contributed by atoms with Gasteiger partial charge in [0.25, 0.3) is 0 Å². The normalized spacial score (nSPS) is 13.8. The molecule has 0 saturated carbocycles. The number of fused-ring (bicyclic) bond motifs is 1. The summed E-state index contributed by atoms with van der Waals surface area (Å²) in [4.78, 5) is 4.62. The van der Waals surface area contributed by atoms with Crippen molar-refractivity contribution in [2.24, 2.45) is 4.99 Å². The Kier molecular flexibility index (Phi) is 3.50. The maximum Gasteiger partial charge on any atom is 0.175 e. The molecule has 0 saturated heterocycles. The van der Waals surface area contributed by atoms with Crippen LogP contribution in [0.1, 0.15) is 18.9 Å². The van der Waals surface area contributed by atoms with E-state index in [1.165, 1.54) is 5.56 Å². The molecule has 0 bridgehead atoms. The molecule has 0 radical (unpaired) electrons. The Hall–Kier alpha value is -1.82. The standard InChI is InChI=1S/C13H14N4OS/c1-2-5-18-11-3-4-12-10(6-11)7-19-13(16-12)17-8-14-15-9-17/h3-4,6,8-9H,2,5,7H2,1H3. The molecule has 5 nitrogen and oxygen atoms in total. The van der Waals surface area contributed by atoms with Crippen LogP contribution in [0.15, 0.2) is 35.8 Å². The second-order valence-corrected chi connectivity index (χ2v) is 5.13. The highest BCUT2D eigenvalue weighted by Gasteiger charge is 2.14. The van der Waals surface area contributed by atoms with Gasteiger partial charge in [0.15, 0.2) is 5.17 Å². The number of aliphatic imine (C=N–C) groups is 1. The van der Waals surface area contributed by atoms with E-state index in [4.69, 9.17) is 4.74 Å². The third kappa shape index (κ3) is 2.63. The summed E-state index contributed by atoms with van der Waals surface area (Å²) in [5, 5.41) is 8.50. The lowest BCUT2D eigenvalue weighted by molar-refractivity contribution is 0.317. The second-order valence-electron chi connectivity index (χ2n) is 4.19. The molecule has 0 aliphatic carbocycles. The van der Waals surface area contributed by atoms with Gasteiger partial charge in [0.1, 0.15) is 18.4 Å². The van der Waals surface area contributed by atoms with Crippen molar-refractivity contribution in [3.63, 3.8) is 0 Å². The molecule has 1 aliphatic heterocycles. The first-order valence-corrected chi connectivity index (χ1v) is 7.17. The largest absolute Gasteiger partial charge is 0.494 e. The van der Waals surface area contributed by atoms with E-state index in [2.05, 4.69) is 28.2 Å². The van der Waals surface area contributed by atoms with Crippen molar-refractivity contribution >= 4 is 22.6 Å². The van der Waals surface area contributed by atoms with Gasteiger partial charge in [-0.15, -0.1) is 10.2 Å². The van der Waals surface area contributed by atoms with Crippen molar-refractivity contribution < 1.29 is 4.74 Å². The minimum Gasteiger partial charge on any atom is -0.494 e. The topological polar surface area (TPSA) is 52.3 Å². The Bertz CT molecular complexity index is 595. The van der Waals surface area contributed by atoms with Gasteiger partial charge in [0.05, 0.1) is 12.3 Å². The molecule has 0 atom stereocenters. The third-order valence-electron chi connectivity index (χ3n) is 2.74. The zero-order chi connectivity index (χ0) is 13.1. The number of nitrogens with zero attached hydrogens (tertiary/aromatic N) is 4. The molecule has 2 heterocycles. The van der Waals surface area contributed by atoms with Gasteiger partial charge in [-0.05, 0) is 30.2 Å². The molecule has 1 aromatic carbocycles. The fraction of sp³-hybridized carbons (Fsp3) is 0.308. The minimum absolute atomic E-state index is 0.751. The molecule has 98 valence electrons. The minimum atomic E-state index is 0.751. The number of thioether (sulfide) groups is 1. The predicted molar refractivity (Wildman–Crippen MR) is 76.0 cm³/mol. The highest BCUT2D eigenvalue weighted by Crippen LogP contribution is 2.33. The smallest absolute Gasteiger partial charge is 0.175 e. The fourth-order valence-electron chi connectivity index (χ4n) is 1.81. The van der Waals surface area contributed by atoms with E-state index in [0.29, 0.717) is 0 Å². The highest BCUT2D eigenvalue weighted by atomic mass is 32.2. The summed E-state index contributed by atoms with van der Waals surface area (Å²) in [5.41, 5.74) is 2.20. The first-order chi connectivity index (χ1) is 9.36. The van der Waals surface area contributed by atoms with Crippen LogP contribution < -0.4 is 4.74 Å². The molecule has 0 spiro atoms. The van der Waals surface area contributed by atoms with Crippen LogP contribution in [-0.2, 0) is 5.75 Å². The monoisotopic (exact) mass is 274 g/mol. The molecule has 2 aromatic rings. The van der Waals surface area contributed by atoms with Gasteiger partial charge in [-0.3, -0.25) is 4.57 Å². The first kappa shape index (κ1) is 12.2. The van der Waals surface area contributed by atoms with Crippen molar-refractivity contribution in [3.8, 4) is 5.75 Å². The van der Waals surface area contributed by atoms with Gasteiger partial charge in [0.2, 0.25) is 0 Å². The SMILES string of the molecule is CCCOc1ccc2c(c1)CSC(n1cnnc1)=N2. The summed E-state index contributed by atoms with van der Waals surface area (Å²) >= 11 is 1.67. The van der Waals surface area contributed by atoms with Crippen LogP contribution in [0.4, 0.5) is 5.69 Å². The Morgan fingerprint density at radius 1 is 1.32 bits per heavy atom. The molecule has 0 fully saturated rings. The van der Waals surface area contributed by atoms with E-state index < -0.39 is 0 Å². The number of benzene rings is 1. The zero-order valence-corrected chi connectivity index (χ0v) is 11.4. The lowest BCUT2D eigenvalue weighted by Gasteiger charge is -2.16. The molecular formula is C13H14N4OS. The Balaban J connectivity index is 1.86. The predicted octanol–water partition coefficient (Wildman–Crippen LogP) is 2.85. The van der Waals surface area contributed by atoms with Crippen molar-refractivity contribution in [3.05, 3.63) is 36.4 Å². The van der Waals surface area contributed by atoms with Gasteiger partial charge in [-0.2, -0.15) is 0 Å². The Morgan fingerprint density at radius 3 is 2.95 bits per heavy atom. The van der Waals surface area contributed by atoms with E-state index in [1.807, 2.05) is 16.7 Å². The third-order valence-corrected chi connectivity index (χ3v) is 3.75. The number of aromatic nitrogens is 3. The van der Waals surface area contributed by atoms with Crippen LogP contribution in [0.2, 0.25) is 0 Å². The highest BCUT2D eigenvalue weighted by molar-refractivity contribution is 8.13. The molecule has 1 aliphatic rings. The number of hydrogen-bond acceptors (Lipinski definition) is 5. The van der Waals surface area contributed by atoms with Crippen LogP contribution in [0.5, 0.6) is 5.75 Å². The zero-order valence-electron chi connectivity index (χ0n) is 10.6. The van der Waals surface area contributed by atoms with E-state index in [0.717, 1.165) is 35.4 Å². The maximum atomic E-state index is 5.64. The van der Waals surface area contributed by atoms with Crippen LogP contribution in [0.3, 0.4) is 0 Å².